The minimum absolute atomic E-state index is 0.111. The number of rotatable bonds is 4. The van der Waals surface area contributed by atoms with Crippen LogP contribution in [0.2, 0.25) is 5.15 Å². The monoisotopic (exact) mass is 303 g/mol. The molecule has 1 heterocycles. The Bertz CT molecular complexity index is 591. The fourth-order valence-electron chi connectivity index (χ4n) is 1.99. The van der Waals surface area contributed by atoms with Gasteiger partial charge < -0.3 is 4.90 Å². The number of likely N-dealkylation sites (N-methyl/N-ethyl adjacent to an activating group) is 1. The fraction of sp³-hybridized carbons (Fsp3) is 0.412. The van der Waals surface area contributed by atoms with Crippen LogP contribution in [0.25, 0.3) is 0 Å². The predicted octanol–water partition coefficient (Wildman–Crippen LogP) is 4.11. The van der Waals surface area contributed by atoms with Gasteiger partial charge in [-0.05, 0) is 12.0 Å². The molecule has 0 radical (unpaired) electrons. The second-order valence-electron chi connectivity index (χ2n) is 6.28. The van der Waals surface area contributed by atoms with E-state index in [1.54, 1.807) is 0 Å². The number of halogens is 1. The molecule has 0 saturated heterocycles. The highest BCUT2D eigenvalue weighted by molar-refractivity contribution is 6.29. The number of aromatic nitrogens is 2. The standard InChI is InChI=1S/C17H22ClN3/c1-17(2,3)16-19-14(18)12-15(20-16)21(4)11-10-13-8-6-5-7-9-13/h5-9,12H,10-11H2,1-4H3. The number of anilines is 1. The van der Waals surface area contributed by atoms with Crippen molar-refractivity contribution in [3.8, 4) is 0 Å². The molecule has 112 valence electrons. The SMILES string of the molecule is CN(CCc1ccccc1)c1cc(Cl)nc(C(C)(C)C)n1. The molecule has 2 rings (SSSR count). The molecule has 0 spiro atoms. The van der Waals surface area contributed by atoms with E-state index in [1.807, 2.05) is 19.2 Å². The third-order valence-corrected chi connectivity index (χ3v) is 3.52. The molecule has 1 aromatic heterocycles. The molecule has 0 fully saturated rings. The summed E-state index contributed by atoms with van der Waals surface area (Å²) >= 11 is 6.14. The zero-order valence-corrected chi connectivity index (χ0v) is 13.9. The summed E-state index contributed by atoms with van der Waals surface area (Å²) in [6.45, 7) is 7.16. The molecule has 0 aliphatic heterocycles. The summed E-state index contributed by atoms with van der Waals surface area (Å²) in [5.74, 6) is 1.65. The Morgan fingerprint density at radius 3 is 2.38 bits per heavy atom. The highest BCUT2D eigenvalue weighted by Crippen LogP contribution is 2.23. The third kappa shape index (κ3) is 4.43. The van der Waals surface area contributed by atoms with Crippen molar-refractivity contribution in [1.29, 1.82) is 0 Å². The average molecular weight is 304 g/mol. The quantitative estimate of drug-likeness (QED) is 0.796. The largest absolute Gasteiger partial charge is 0.359 e. The lowest BCUT2D eigenvalue weighted by atomic mass is 9.96. The Morgan fingerprint density at radius 2 is 1.76 bits per heavy atom. The van der Waals surface area contributed by atoms with Crippen LogP contribution in [-0.4, -0.2) is 23.6 Å². The summed E-state index contributed by atoms with van der Waals surface area (Å²) in [6.07, 6.45) is 0.976. The minimum Gasteiger partial charge on any atom is -0.359 e. The van der Waals surface area contributed by atoms with E-state index in [4.69, 9.17) is 11.6 Å². The minimum atomic E-state index is -0.111. The Kier molecular flexibility index (Phi) is 4.84. The summed E-state index contributed by atoms with van der Waals surface area (Å²) < 4.78 is 0. The molecule has 0 saturated carbocycles. The topological polar surface area (TPSA) is 29.0 Å². The molecule has 3 nitrogen and oxygen atoms in total. The van der Waals surface area contributed by atoms with Crippen LogP contribution >= 0.6 is 11.6 Å². The summed E-state index contributed by atoms with van der Waals surface area (Å²) in [5, 5.41) is 0.497. The van der Waals surface area contributed by atoms with E-state index in [9.17, 15) is 0 Å². The maximum Gasteiger partial charge on any atom is 0.137 e. The van der Waals surface area contributed by atoms with Crippen LogP contribution in [-0.2, 0) is 11.8 Å². The normalized spacial score (nSPS) is 11.5. The maximum atomic E-state index is 6.14. The van der Waals surface area contributed by atoms with Gasteiger partial charge in [-0.1, -0.05) is 62.7 Å². The highest BCUT2D eigenvalue weighted by atomic mass is 35.5. The molecule has 4 heteroatoms. The van der Waals surface area contributed by atoms with Crippen molar-refractivity contribution in [3.63, 3.8) is 0 Å². The first-order valence-corrected chi connectivity index (χ1v) is 7.54. The molecular formula is C17H22ClN3. The van der Waals surface area contributed by atoms with Crippen LogP contribution in [0, 0.1) is 0 Å². The van der Waals surface area contributed by atoms with Crippen LogP contribution in [0.5, 0.6) is 0 Å². The Balaban J connectivity index is 2.12. The first kappa shape index (κ1) is 15.8. The predicted molar refractivity (Wildman–Crippen MR) is 89.2 cm³/mol. The van der Waals surface area contributed by atoms with Crippen molar-refractivity contribution in [3.05, 3.63) is 52.9 Å². The van der Waals surface area contributed by atoms with Crippen LogP contribution in [0.4, 0.5) is 5.82 Å². The van der Waals surface area contributed by atoms with E-state index in [2.05, 4.69) is 59.9 Å². The van der Waals surface area contributed by atoms with Crippen LogP contribution < -0.4 is 4.90 Å². The fourth-order valence-corrected chi connectivity index (χ4v) is 2.17. The van der Waals surface area contributed by atoms with Crippen molar-refractivity contribution >= 4 is 17.4 Å². The van der Waals surface area contributed by atoms with Crippen molar-refractivity contribution in [1.82, 2.24) is 9.97 Å². The molecule has 0 N–H and O–H groups in total. The van der Waals surface area contributed by atoms with Crippen molar-refractivity contribution in [2.45, 2.75) is 32.6 Å². The lowest BCUT2D eigenvalue weighted by molar-refractivity contribution is 0.544. The van der Waals surface area contributed by atoms with Gasteiger partial charge in [-0.3, -0.25) is 0 Å². The van der Waals surface area contributed by atoms with Crippen molar-refractivity contribution < 1.29 is 0 Å². The molecule has 0 atom stereocenters. The Labute approximate surface area is 132 Å². The summed E-state index contributed by atoms with van der Waals surface area (Å²) in [4.78, 5) is 11.1. The highest BCUT2D eigenvalue weighted by Gasteiger charge is 2.19. The van der Waals surface area contributed by atoms with Gasteiger partial charge in [0.2, 0.25) is 0 Å². The first-order valence-electron chi connectivity index (χ1n) is 7.16. The van der Waals surface area contributed by atoms with Crippen LogP contribution in [0.15, 0.2) is 36.4 Å². The number of hydrogen-bond acceptors (Lipinski definition) is 3. The molecule has 0 aliphatic rings. The second kappa shape index (κ2) is 6.44. The number of benzene rings is 1. The van der Waals surface area contributed by atoms with Gasteiger partial charge in [0.1, 0.15) is 16.8 Å². The molecule has 2 aromatic rings. The average Bonchev–Trinajstić information content (AvgIpc) is 2.44. The molecular weight excluding hydrogens is 282 g/mol. The van der Waals surface area contributed by atoms with Gasteiger partial charge in [0.05, 0.1) is 0 Å². The first-order chi connectivity index (χ1) is 9.86. The third-order valence-electron chi connectivity index (χ3n) is 3.32. The molecule has 21 heavy (non-hydrogen) atoms. The summed E-state index contributed by atoms with van der Waals surface area (Å²) in [7, 11) is 2.04. The van der Waals surface area contributed by atoms with E-state index in [0.29, 0.717) is 5.15 Å². The molecule has 0 amide bonds. The van der Waals surface area contributed by atoms with Crippen LogP contribution in [0.1, 0.15) is 32.2 Å². The van der Waals surface area contributed by atoms with Crippen molar-refractivity contribution in [2.24, 2.45) is 0 Å². The van der Waals surface area contributed by atoms with Gasteiger partial charge in [-0.15, -0.1) is 0 Å². The van der Waals surface area contributed by atoms with Gasteiger partial charge in [-0.2, -0.15) is 0 Å². The van der Waals surface area contributed by atoms with Crippen molar-refractivity contribution in [2.75, 3.05) is 18.5 Å². The Morgan fingerprint density at radius 1 is 1.10 bits per heavy atom. The van der Waals surface area contributed by atoms with E-state index in [-0.39, 0.29) is 5.41 Å². The van der Waals surface area contributed by atoms with Gasteiger partial charge in [0, 0.05) is 25.1 Å². The van der Waals surface area contributed by atoms with Gasteiger partial charge >= 0.3 is 0 Å². The number of nitrogens with zero attached hydrogens (tertiary/aromatic N) is 3. The maximum absolute atomic E-state index is 6.14. The van der Waals surface area contributed by atoms with E-state index in [1.165, 1.54) is 5.56 Å². The van der Waals surface area contributed by atoms with E-state index < -0.39 is 0 Å². The van der Waals surface area contributed by atoms with Gasteiger partial charge in [0.15, 0.2) is 0 Å². The molecule has 0 unspecified atom stereocenters. The zero-order valence-electron chi connectivity index (χ0n) is 13.1. The lowest BCUT2D eigenvalue weighted by Crippen LogP contribution is -2.24. The summed E-state index contributed by atoms with van der Waals surface area (Å²) in [5.41, 5.74) is 1.21. The van der Waals surface area contributed by atoms with Gasteiger partial charge in [0.25, 0.3) is 0 Å². The number of hydrogen-bond donors (Lipinski definition) is 0. The van der Waals surface area contributed by atoms with Gasteiger partial charge in [-0.25, -0.2) is 9.97 Å². The lowest BCUT2D eigenvalue weighted by Gasteiger charge is -2.22. The second-order valence-corrected chi connectivity index (χ2v) is 6.67. The van der Waals surface area contributed by atoms with Crippen LogP contribution in [0.3, 0.4) is 0 Å². The Hall–Kier alpha value is -1.61. The molecule has 0 aliphatic carbocycles. The molecule has 0 bridgehead atoms. The zero-order chi connectivity index (χ0) is 15.5. The van der Waals surface area contributed by atoms with E-state index in [0.717, 1.165) is 24.6 Å². The van der Waals surface area contributed by atoms with E-state index >= 15 is 0 Å². The smallest absolute Gasteiger partial charge is 0.137 e. The molecule has 1 aromatic carbocycles. The summed E-state index contributed by atoms with van der Waals surface area (Å²) in [6, 6.07) is 12.3.